The highest BCUT2D eigenvalue weighted by atomic mass is 79.9. The summed E-state index contributed by atoms with van der Waals surface area (Å²) in [7, 11) is 0. The van der Waals surface area contributed by atoms with Crippen LogP contribution in [0, 0.1) is 0 Å². The lowest BCUT2D eigenvalue weighted by Gasteiger charge is -2.12. The second-order valence-electron chi connectivity index (χ2n) is 8.46. The van der Waals surface area contributed by atoms with Crippen molar-refractivity contribution in [2.24, 2.45) is 0 Å². The van der Waals surface area contributed by atoms with Crippen LogP contribution in [-0.2, 0) is 11.2 Å². The number of amides is 2. The number of benzene rings is 4. The zero-order valence-corrected chi connectivity index (χ0v) is 21.0. The molecule has 0 aliphatic heterocycles. The summed E-state index contributed by atoms with van der Waals surface area (Å²) in [6.45, 7) is 0.431. The van der Waals surface area contributed by atoms with Gasteiger partial charge in [0.15, 0.2) is 0 Å². The normalized spacial score (nSPS) is 11.5. The van der Waals surface area contributed by atoms with Crippen LogP contribution >= 0.6 is 15.9 Å². The number of hydrogen-bond acceptors (Lipinski definition) is 2. The number of aromatic nitrogens is 1. The average Bonchev–Trinajstić information content (AvgIpc) is 3.31. The van der Waals surface area contributed by atoms with Crippen LogP contribution in [0.2, 0.25) is 0 Å². The number of para-hydroxylation sites is 1. The second kappa shape index (κ2) is 10.6. The maximum Gasteiger partial charge on any atom is 0.267 e. The molecule has 2 amide bonds. The molecule has 3 N–H and O–H groups in total. The minimum Gasteiger partial charge on any atom is -0.361 e. The molecule has 4 aromatic carbocycles. The van der Waals surface area contributed by atoms with Crippen LogP contribution in [0.3, 0.4) is 0 Å². The summed E-state index contributed by atoms with van der Waals surface area (Å²) in [5, 5.41) is 9.01. The van der Waals surface area contributed by atoms with Gasteiger partial charge in [-0.05, 0) is 58.7 Å². The molecule has 0 fully saturated rings. The quantitative estimate of drug-likeness (QED) is 0.216. The molecule has 5 nitrogen and oxygen atoms in total. The molecule has 0 saturated heterocycles. The van der Waals surface area contributed by atoms with Crippen molar-refractivity contribution in [1.82, 2.24) is 15.6 Å². The highest BCUT2D eigenvalue weighted by Crippen LogP contribution is 2.21. The van der Waals surface area contributed by atoms with Gasteiger partial charge in [-0.15, -0.1) is 0 Å². The minimum absolute atomic E-state index is 0.190. The van der Waals surface area contributed by atoms with Crippen LogP contribution < -0.4 is 10.6 Å². The van der Waals surface area contributed by atoms with Crippen molar-refractivity contribution in [2.75, 3.05) is 6.54 Å². The largest absolute Gasteiger partial charge is 0.361 e. The van der Waals surface area contributed by atoms with E-state index < -0.39 is 0 Å². The zero-order chi connectivity index (χ0) is 24.9. The van der Waals surface area contributed by atoms with E-state index in [0.29, 0.717) is 18.5 Å². The fourth-order valence-corrected chi connectivity index (χ4v) is 4.66. The Hall–Kier alpha value is -4.16. The van der Waals surface area contributed by atoms with Crippen LogP contribution in [0.5, 0.6) is 0 Å². The van der Waals surface area contributed by atoms with Crippen molar-refractivity contribution in [3.05, 3.63) is 124 Å². The standard InChI is InChI=1S/C30H24BrN3O2/c31-24-11-6-10-22(17-24)29(35)34-28(18-21-9-5-8-20-7-1-2-12-25(20)21)30(36)32-16-15-23-19-33-27-14-4-3-13-26(23)27/h1-14,17-19,33H,15-16H2,(H,32,36)(H,34,35). The minimum atomic E-state index is -0.352. The first-order chi connectivity index (χ1) is 17.6. The van der Waals surface area contributed by atoms with Gasteiger partial charge >= 0.3 is 0 Å². The lowest BCUT2D eigenvalue weighted by molar-refractivity contribution is -0.117. The Morgan fingerprint density at radius 2 is 1.61 bits per heavy atom. The average molecular weight is 538 g/mol. The number of aromatic amines is 1. The molecule has 0 unspecified atom stereocenters. The highest BCUT2D eigenvalue weighted by molar-refractivity contribution is 9.10. The summed E-state index contributed by atoms with van der Waals surface area (Å²) in [5.74, 6) is -0.694. The van der Waals surface area contributed by atoms with Crippen molar-refractivity contribution in [1.29, 1.82) is 0 Å². The van der Waals surface area contributed by atoms with Crippen LogP contribution in [0.1, 0.15) is 21.5 Å². The Morgan fingerprint density at radius 1 is 0.861 bits per heavy atom. The maximum absolute atomic E-state index is 13.3. The first-order valence-corrected chi connectivity index (χ1v) is 12.5. The van der Waals surface area contributed by atoms with Crippen molar-refractivity contribution in [3.8, 4) is 0 Å². The van der Waals surface area contributed by atoms with E-state index in [4.69, 9.17) is 0 Å². The lowest BCUT2D eigenvalue weighted by atomic mass is 10.0. The number of nitrogens with one attached hydrogen (secondary N) is 3. The lowest BCUT2D eigenvalue weighted by Crippen LogP contribution is -2.35. The molecule has 0 atom stereocenters. The molecular formula is C30H24BrN3O2. The predicted octanol–water partition coefficient (Wildman–Crippen LogP) is 6.21. The summed E-state index contributed by atoms with van der Waals surface area (Å²) in [6, 6.07) is 29.0. The van der Waals surface area contributed by atoms with E-state index in [1.165, 1.54) is 0 Å². The third-order valence-electron chi connectivity index (χ3n) is 6.06. The summed E-state index contributed by atoms with van der Waals surface area (Å²) >= 11 is 3.40. The summed E-state index contributed by atoms with van der Waals surface area (Å²) in [5.41, 5.74) is 3.69. The van der Waals surface area contributed by atoms with Gasteiger partial charge in [0.2, 0.25) is 0 Å². The topological polar surface area (TPSA) is 74.0 Å². The molecule has 36 heavy (non-hydrogen) atoms. The fourth-order valence-electron chi connectivity index (χ4n) is 4.26. The molecule has 5 rings (SSSR count). The van der Waals surface area contributed by atoms with Crippen molar-refractivity contribution in [3.63, 3.8) is 0 Å². The monoisotopic (exact) mass is 537 g/mol. The first-order valence-electron chi connectivity index (χ1n) is 11.7. The molecule has 5 aromatic rings. The number of rotatable bonds is 7. The van der Waals surface area contributed by atoms with Crippen LogP contribution in [-0.4, -0.2) is 23.3 Å². The maximum atomic E-state index is 13.3. The van der Waals surface area contributed by atoms with Gasteiger partial charge in [0, 0.05) is 33.7 Å². The van der Waals surface area contributed by atoms with Gasteiger partial charge in [0.25, 0.3) is 11.8 Å². The Kier molecular flexibility index (Phi) is 6.96. The number of carbonyl (C=O) groups is 2. The number of hydrogen-bond donors (Lipinski definition) is 3. The molecule has 1 aromatic heterocycles. The van der Waals surface area contributed by atoms with Gasteiger partial charge in [0.1, 0.15) is 5.70 Å². The van der Waals surface area contributed by atoms with Gasteiger partial charge in [-0.2, -0.15) is 0 Å². The van der Waals surface area contributed by atoms with Crippen molar-refractivity contribution >= 4 is 55.5 Å². The molecular weight excluding hydrogens is 514 g/mol. The number of carbonyl (C=O) groups excluding carboxylic acids is 2. The van der Waals surface area contributed by atoms with Crippen LogP contribution in [0.15, 0.2) is 107 Å². The number of H-pyrrole nitrogens is 1. The molecule has 0 spiro atoms. The summed E-state index contributed by atoms with van der Waals surface area (Å²) in [4.78, 5) is 29.6. The van der Waals surface area contributed by atoms with Crippen molar-refractivity contribution in [2.45, 2.75) is 6.42 Å². The summed E-state index contributed by atoms with van der Waals surface area (Å²) < 4.78 is 0.790. The molecule has 0 saturated carbocycles. The first kappa shape index (κ1) is 23.6. The molecule has 0 aliphatic rings. The van der Waals surface area contributed by atoms with Gasteiger partial charge < -0.3 is 15.6 Å². The van der Waals surface area contributed by atoms with E-state index in [-0.39, 0.29) is 17.5 Å². The fraction of sp³-hybridized carbons (Fsp3) is 0.0667. The Labute approximate surface area is 217 Å². The van der Waals surface area contributed by atoms with Gasteiger partial charge in [-0.1, -0.05) is 82.7 Å². The highest BCUT2D eigenvalue weighted by Gasteiger charge is 2.16. The Balaban J connectivity index is 1.40. The van der Waals surface area contributed by atoms with Gasteiger partial charge in [-0.25, -0.2) is 0 Å². The molecule has 0 aliphatic carbocycles. The number of fused-ring (bicyclic) bond motifs is 2. The van der Waals surface area contributed by atoms with Gasteiger partial charge in [0.05, 0.1) is 0 Å². The SMILES string of the molecule is O=C(NCCc1c[nH]c2ccccc12)C(=Cc1cccc2ccccc12)NC(=O)c1cccc(Br)c1. The molecule has 6 heteroatoms. The second-order valence-corrected chi connectivity index (χ2v) is 9.37. The molecule has 0 bridgehead atoms. The van der Waals surface area contributed by atoms with Gasteiger partial charge in [-0.3, -0.25) is 9.59 Å². The molecule has 1 heterocycles. The van der Waals surface area contributed by atoms with E-state index in [0.717, 1.165) is 37.3 Å². The van der Waals surface area contributed by atoms with Crippen LogP contribution in [0.4, 0.5) is 0 Å². The van der Waals surface area contributed by atoms with E-state index in [1.807, 2.05) is 72.9 Å². The Morgan fingerprint density at radius 3 is 2.47 bits per heavy atom. The van der Waals surface area contributed by atoms with E-state index >= 15 is 0 Å². The third-order valence-corrected chi connectivity index (χ3v) is 6.55. The van der Waals surface area contributed by atoms with E-state index in [9.17, 15) is 9.59 Å². The van der Waals surface area contributed by atoms with Crippen LogP contribution in [0.25, 0.3) is 27.8 Å². The van der Waals surface area contributed by atoms with Crippen molar-refractivity contribution < 1.29 is 9.59 Å². The predicted molar refractivity (Wildman–Crippen MR) is 149 cm³/mol. The van der Waals surface area contributed by atoms with E-state index in [1.54, 1.807) is 24.3 Å². The smallest absolute Gasteiger partial charge is 0.267 e. The zero-order valence-electron chi connectivity index (χ0n) is 19.4. The Bertz CT molecular complexity index is 1600. The van der Waals surface area contributed by atoms with E-state index in [2.05, 4.69) is 37.6 Å². The summed E-state index contributed by atoms with van der Waals surface area (Å²) in [6.07, 6.45) is 4.37. The third kappa shape index (κ3) is 5.24. The molecule has 0 radical (unpaired) electrons. The molecule has 178 valence electrons. The number of halogens is 1.